The lowest BCUT2D eigenvalue weighted by atomic mass is 10.1. The minimum atomic E-state index is -1.00. The van der Waals surface area contributed by atoms with Gasteiger partial charge in [0.05, 0.1) is 6.61 Å². The van der Waals surface area contributed by atoms with Crippen LogP contribution in [0.4, 0.5) is 0 Å². The van der Waals surface area contributed by atoms with Crippen molar-refractivity contribution >= 4 is 5.97 Å². The number of hydrogen-bond donors (Lipinski definition) is 2. The van der Waals surface area contributed by atoms with E-state index in [1.54, 1.807) is 6.07 Å². The SMILES string of the molecule is CCOc1cc(CN[C@@H](C)CC)ccc1OCC(=O)O. The molecule has 2 N–H and O–H groups in total. The van der Waals surface area contributed by atoms with Crippen LogP contribution in [0.3, 0.4) is 0 Å². The molecule has 0 radical (unpaired) electrons. The van der Waals surface area contributed by atoms with E-state index >= 15 is 0 Å². The lowest BCUT2D eigenvalue weighted by Crippen LogP contribution is -2.24. The van der Waals surface area contributed by atoms with E-state index in [1.807, 2.05) is 19.1 Å². The molecule has 20 heavy (non-hydrogen) atoms. The van der Waals surface area contributed by atoms with Gasteiger partial charge in [0, 0.05) is 12.6 Å². The van der Waals surface area contributed by atoms with E-state index < -0.39 is 5.97 Å². The van der Waals surface area contributed by atoms with Crippen molar-refractivity contribution in [1.29, 1.82) is 0 Å². The quantitative estimate of drug-likeness (QED) is 0.727. The Labute approximate surface area is 119 Å². The molecule has 1 rings (SSSR count). The van der Waals surface area contributed by atoms with Gasteiger partial charge in [0.2, 0.25) is 0 Å². The van der Waals surface area contributed by atoms with Crippen molar-refractivity contribution in [3.05, 3.63) is 23.8 Å². The van der Waals surface area contributed by atoms with Crippen molar-refractivity contribution in [2.75, 3.05) is 13.2 Å². The Morgan fingerprint density at radius 2 is 2.05 bits per heavy atom. The van der Waals surface area contributed by atoms with Crippen molar-refractivity contribution in [3.8, 4) is 11.5 Å². The van der Waals surface area contributed by atoms with E-state index in [-0.39, 0.29) is 6.61 Å². The summed E-state index contributed by atoms with van der Waals surface area (Å²) < 4.78 is 10.7. The lowest BCUT2D eigenvalue weighted by Gasteiger charge is -2.14. The smallest absolute Gasteiger partial charge is 0.341 e. The molecule has 0 heterocycles. The second-order valence-corrected chi connectivity index (χ2v) is 4.59. The van der Waals surface area contributed by atoms with Crippen LogP contribution in [-0.4, -0.2) is 30.3 Å². The normalized spacial score (nSPS) is 11.9. The molecular formula is C15H23NO4. The fraction of sp³-hybridized carbons (Fsp3) is 0.533. The van der Waals surface area contributed by atoms with Gasteiger partial charge >= 0.3 is 5.97 Å². The van der Waals surface area contributed by atoms with Gasteiger partial charge in [-0.05, 0) is 38.0 Å². The van der Waals surface area contributed by atoms with Gasteiger partial charge in [0.15, 0.2) is 18.1 Å². The molecule has 112 valence electrons. The summed E-state index contributed by atoms with van der Waals surface area (Å²) in [4.78, 5) is 10.5. The Balaban J connectivity index is 2.74. The van der Waals surface area contributed by atoms with E-state index in [4.69, 9.17) is 14.6 Å². The Morgan fingerprint density at radius 1 is 1.30 bits per heavy atom. The molecular weight excluding hydrogens is 258 g/mol. The number of carbonyl (C=O) groups is 1. The van der Waals surface area contributed by atoms with Crippen LogP contribution < -0.4 is 14.8 Å². The van der Waals surface area contributed by atoms with Crippen LogP contribution in [0.25, 0.3) is 0 Å². The van der Waals surface area contributed by atoms with E-state index in [2.05, 4.69) is 19.2 Å². The highest BCUT2D eigenvalue weighted by molar-refractivity contribution is 5.68. The molecule has 0 amide bonds. The summed E-state index contributed by atoms with van der Waals surface area (Å²) >= 11 is 0. The molecule has 0 aliphatic rings. The first-order valence-corrected chi connectivity index (χ1v) is 6.90. The first-order chi connectivity index (χ1) is 9.56. The van der Waals surface area contributed by atoms with Crippen molar-refractivity contribution in [2.24, 2.45) is 0 Å². The standard InChI is InChI=1S/C15H23NO4/c1-4-11(3)16-9-12-6-7-13(20-10-15(17)18)14(8-12)19-5-2/h6-8,11,16H,4-5,9-10H2,1-3H3,(H,17,18)/t11-/m0/s1. The first kappa shape index (κ1) is 16.3. The number of carboxylic acid groups (broad SMARTS) is 1. The van der Waals surface area contributed by atoms with Crippen LogP contribution in [0.15, 0.2) is 18.2 Å². The third kappa shape index (κ3) is 5.48. The van der Waals surface area contributed by atoms with E-state index in [0.717, 1.165) is 18.5 Å². The summed E-state index contributed by atoms with van der Waals surface area (Å²) in [6.45, 7) is 7.02. The second kappa shape index (κ2) is 8.43. The van der Waals surface area contributed by atoms with Gasteiger partial charge in [-0.15, -0.1) is 0 Å². The molecule has 0 aromatic heterocycles. The van der Waals surface area contributed by atoms with Crippen LogP contribution in [0.1, 0.15) is 32.8 Å². The second-order valence-electron chi connectivity index (χ2n) is 4.59. The van der Waals surface area contributed by atoms with Crippen LogP contribution in [-0.2, 0) is 11.3 Å². The van der Waals surface area contributed by atoms with Gasteiger partial charge in [-0.1, -0.05) is 13.0 Å². The third-order valence-corrected chi connectivity index (χ3v) is 2.93. The number of rotatable bonds is 9. The number of nitrogens with one attached hydrogen (secondary N) is 1. The molecule has 0 bridgehead atoms. The maximum Gasteiger partial charge on any atom is 0.341 e. The molecule has 0 saturated carbocycles. The molecule has 0 saturated heterocycles. The Hall–Kier alpha value is -1.75. The Kier molecular flexibility index (Phi) is 6.87. The average Bonchev–Trinajstić information content (AvgIpc) is 2.43. The Morgan fingerprint density at radius 3 is 2.65 bits per heavy atom. The maximum atomic E-state index is 10.5. The van der Waals surface area contributed by atoms with E-state index in [0.29, 0.717) is 24.1 Å². The van der Waals surface area contributed by atoms with E-state index in [9.17, 15) is 4.79 Å². The molecule has 1 aromatic carbocycles. The molecule has 1 atom stereocenters. The van der Waals surface area contributed by atoms with Gasteiger partial charge in [0.25, 0.3) is 0 Å². The highest BCUT2D eigenvalue weighted by Gasteiger charge is 2.09. The number of carboxylic acids is 1. The summed E-state index contributed by atoms with van der Waals surface area (Å²) in [5.41, 5.74) is 1.08. The first-order valence-electron chi connectivity index (χ1n) is 6.90. The van der Waals surface area contributed by atoms with Crippen molar-refractivity contribution in [1.82, 2.24) is 5.32 Å². The predicted octanol–water partition coefficient (Wildman–Crippen LogP) is 2.44. The third-order valence-electron chi connectivity index (χ3n) is 2.93. The van der Waals surface area contributed by atoms with Gasteiger partial charge < -0.3 is 19.9 Å². The van der Waals surface area contributed by atoms with Gasteiger partial charge in [-0.25, -0.2) is 4.79 Å². The summed E-state index contributed by atoms with van der Waals surface area (Å²) in [7, 11) is 0. The zero-order valence-corrected chi connectivity index (χ0v) is 12.3. The minimum Gasteiger partial charge on any atom is -0.490 e. The predicted molar refractivity (Wildman–Crippen MR) is 77.3 cm³/mol. The van der Waals surface area contributed by atoms with Crippen molar-refractivity contribution in [3.63, 3.8) is 0 Å². The van der Waals surface area contributed by atoms with Crippen molar-refractivity contribution in [2.45, 2.75) is 39.8 Å². The van der Waals surface area contributed by atoms with Crippen LogP contribution in [0.2, 0.25) is 0 Å². The zero-order chi connectivity index (χ0) is 15.0. The Bertz CT molecular complexity index is 434. The van der Waals surface area contributed by atoms with Crippen molar-refractivity contribution < 1.29 is 19.4 Å². The molecule has 0 aliphatic heterocycles. The zero-order valence-electron chi connectivity index (χ0n) is 12.3. The van der Waals surface area contributed by atoms with Gasteiger partial charge in [-0.3, -0.25) is 0 Å². The number of aliphatic carboxylic acids is 1. The van der Waals surface area contributed by atoms with E-state index in [1.165, 1.54) is 0 Å². The highest BCUT2D eigenvalue weighted by atomic mass is 16.5. The number of hydrogen-bond acceptors (Lipinski definition) is 4. The van der Waals surface area contributed by atoms with Crippen LogP contribution >= 0.6 is 0 Å². The summed E-state index contributed by atoms with van der Waals surface area (Å²) in [6, 6.07) is 6.00. The average molecular weight is 281 g/mol. The fourth-order valence-electron chi connectivity index (χ4n) is 1.63. The number of benzene rings is 1. The fourth-order valence-corrected chi connectivity index (χ4v) is 1.63. The summed E-state index contributed by atoms with van der Waals surface area (Å²) in [5.74, 6) is 0.0358. The van der Waals surface area contributed by atoms with Gasteiger partial charge in [-0.2, -0.15) is 0 Å². The molecule has 5 nitrogen and oxygen atoms in total. The summed E-state index contributed by atoms with van der Waals surface area (Å²) in [6.07, 6.45) is 1.07. The molecule has 5 heteroatoms. The molecule has 1 aromatic rings. The topological polar surface area (TPSA) is 67.8 Å². The summed E-state index contributed by atoms with van der Waals surface area (Å²) in [5, 5.41) is 12.0. The number of ether oxygens (including phenoxy) is 2. The molecule has 0 spiro atoms. The molecule has 0 aliphatic carbocycles. The molecule has 0 unspecified atom stereocenters. The molecule has 0 fully saturated rings. The van der Waals surface area contributed by atoms with Gasteiger partial charge in [0.1, 0.15) is 0 Å². The monoisotopic (exact) mass is 281 g/mol. The van der Waals surface area contributed by atoms with Crippen LogP contribution in [0.5, 0.6) is 11.5 Å². The maximum absolute atomic E-state index is 10.5. The highest BCUT2D eigenvalue weighted by Crippen LogP contribution is 2.28. The minimum absolute atomic E-state index is 0.370. The largest absolute Gasteiger partial charge is 0.490 e. The lowest BCUT2D eigenvalue weighted by molar-refractivity contribution is -0.139. The van der Waals surface area contributed by atoms with Crippen LogP contribution in [0, 0.1) is 0 Å².